The maximum Gasteiger partial charge on any atom is 0.434 e. The minimum absolute atomic E-state index is 0.00458. The number of aliphatic imine (C=N–C) groups is 1. The molecule has 1 fully saturated rings. The molecule has 0 saturated carbocycles. The van der Waals surface area contributed by atoms with Crippen LogP contribution in [-0.4, -0.2) is 45.2 Å². The number of carbonyl (C=O) groups is 1. The second-order valence-corrected chi connectivity index (χ2v) is 8.85. The van der Waals surface area contributed by atoms with Crippen molar-refractivity contribution in [3.63, 3.8) is 0 Å². The van der Waals surface area contributed by atoms with Gasteiger partial charge in [0.05, 0.1) is 25.1 Å². The lowest BCUT2D eigenvalue weighted by atomic mass is 9.73. The summed E-state index contributed by atoms with van der Waals surface area (Å²) in [6.45, 7) is 1.53. The van der Waals surface area contributed by atoms with Crippen LogP contribution >= 0.6 is 11.8 Å². The normalized spacial score (nSPS) is 27.5. The van der Waals surface area contributed by atoms with Gasteiger partial charge >= 0.3 is 6.18 Å². The summed E-state index contributed by atoms with van der Waals surface area (Å²) in [5, 5.41) is 2.47. The number of hydrogen-bond acceptors (Lipinski definition) is 7. The standard InChI is InChI=1S/C20H18F5N5O2S/c1-10-5-18(22)9-33-17(26)30-19(18,8-32-10)11-2-12(21)4-13(3-11)29-16(31)14-6-28-15(7-27-14)20(23,24)25/h2-4,6-7,10H,5,8-9H2,1H3,(H2,26,30)(H,29,31)/t10-,18+,19+/m0/s1. The average molecular weight is 487 g/mol. The Morgan fingerprint density at radius 3 is 2.70 bits per heavy atom. The number of alkyl halides is 4. The number of ether oxygens (including phenoxy) is 1. The first-order valence-corrected chi connectivity index (χ1v) is 10.7. The predicted octanol–water partition coefficient (Wildman–Crippen LogP) is 3.66. The third-order valence-electron chi connectivity index (χ3n) is 5.49. The van der Waals surface area contributed by atoms with Crippen molar-refractivity contribution >= 4 is 28.5 Å². The van der Waals surface area contributed by atoms with Gasteiger partial charge in [-0.15, -0.1) is 0 Å². The topological polar surface area (TPSA) is 102 Å². The van der Waals surface area contributed by atoms with Gasteiger partial charge in [-0.05, 0) is 30.7 Å². The van der Waals surface area contributed by atoms with Gasteiger partial charge in [0.25, 0.3) is 5.91 Å². The summed E-state index contributed by atoms with van der Waals surface area (Å²) >= 11 is 1.06. The Labute approximate surface area is 189 Å². The van der Waals surface area contributed by atoms with E-state index in [1.807, 2.05) is 0 Å². The Morgan fingerprint density at radius 2 is 2.03 bits per heavy atom. The summed E-state index contributed by atoms with van der Waals surface area (Å²) in [5.74, 6) is -1.72. The van der Waals surface area contributed by atoms with Crippen molar-refractivity contribution in [2.24, 2.45) is 10.7 Å². The average Bonchev–Trinajstić information content (AvgIpc) is 2.73. The van der Waals surface area contributed by atoms with Gasteiger partial charge in [0.15, 0.2) is 16.5 Å². The highest BCUT2D eigenvalue weighted by Gasteiger charge is 2.59. The monoisotopic (exact) mass is 487 g/mol. The molecule has 0 unspecified atom stereocenters. The number of fused-ring (bicyclic) bond motifs is 1. The number of hydrogen-bond donors (Lipinski definition) is 2. The van der Waals surface area contributed by atoms with Crippen LogP contribution in [0.2, 0.25) is 0 Å². The van der Waals surface area contributed by atoms with Gasteiger partial charge in [-0.3, -0.25) is 4.79 Å². The molecule has 0 radical (unpaired) electrons. The first kappa shape index (κ1) is 23.4. The van der Waals surface area contributed by atoms with Gasteiger partial charge in [-0.25, -0.2) is 23.7 Å². The fourth-order valence-electron chi connectivity index (χ4n) is 3.89. The number of rotatable bonds is 3. The van der Waals surface area contributed by atoms with E-state index in [1.54, 1.807) is 6.92 Å². The van der Waals surface area contributed by atoms with E-state index >= 15 is 4.39 Å². The number of thioether (sulfide) groups is 1. The van der Waals surface area contributed by atoms with Crippen LogP contribution in [0.25, 0.3) is 0 Å². The number of aromatic nitrogens is 2. The molecular formula is C20H18F5N5O2S. The molecule has 0 spiro atoms. The molecular weight excluding hydrogens is 469 g/mol. The van der Waals surface area contributed by atoms with Crippen LogP contribution in [0.5, 0.6) is 0 Å². The number of amides is 1. The first-order valence-electron chi connectivity index (χ1n) is 9.72. The van der Waals surface area contributed by atoms with E-state index in [0.717, 1.165) is 23.9 Å². The van der Waals surface area contributed by atoms with Gasteiger partial charge in [0, 0.05) is 17.9 Å². The van der Waals surface area contributed by atoms with Crippen molar-refractivity contribution in [1.82, 2.24) is 9.97 Å². The SMILES string of the molecule is C[C@H]1C[C@@]2(F)CSC(N)=N[C@@]2(c2cc(F)cc(NC(=O)c3cnc(C(F)(F)F)cn3)c2)CO1. The molecule has 1 aromatic heterocycles. The molecule has 1 aromatic carbocycles. The molecule has 3 N–H and O–H groups in total. The number of carbonyl (C=O) groups excluding carboxylic acids is 1. The van der Waals surface area contributed by atoms with Crippen LogP contribution in [0.4, 0.5) is 27.6 Å². The fraction of sp³-hybridized carbons (Fsp3) is 0.400. The van der Waals surface area contributed by atoms with E-state index in [-0.39, 0.29) is 41.3 Å². The summed E-state index contributed by atoms with van der Waals surface area (Å²) < 4.78 is 74.2. The third kappa shape index (κ3) is 4.38. The maximum absolute atomic E-state index is 16.1. The number of amidine groups is 1. The second-order valence-electron chi connectivity index (χ2n) is 7.86. The minimum Gasteiger partial charge on any atom is -0.379 e. The van der Waals surface area contributed by atoms with E-state index < -0.39 is 40.5 Å². The lowest BCUT2D eigenvalue weighted by Gasteiger charge is -2.49. The van der Waals surface area contributed by atoms with Crippen molar-refractivity contribution in [2.45, 2.75) is 36.8 Å². The molecule has 1 amide bonds. The lowest BCUT2D eigenvalue weighted by Crippen LogP contribution is -2.60. The number of nitrogens with one attached hydrogen (secondary N) is 1. The van der Waals surface area contributed by atoms with Crippen molar-refractivity contribution in [3.8, 4) is 0 Å². The number of halogens is 5. The Bertz CT molecular complexity index is 1110. The lowest BCUT2D eigenvalue weighted by molar-refractivity contribution is -0.141. The zero-order chi connectivity index (χ0) is 24.0. The largest absolute Gasteiger partial charge is 0.434 e. The Balaban J connectivity index is 1.67. The van der Waals surface area contributed by atoms with E-state index in [2.05, 4.69) is 20.3 Å². The third-order valence-corrected chi connectivity index (χ3v) is 6.48. The molecule has 1 saturated heterocycles. The Hall–Kier alpha value is -2.80. The van der Waals surface area contributed by atoms with Crippen LogP contribution in [0.1, 0.15) is 35.1 Å². The number of benzene rings is 1. The molecule has 0 bridgehead atoms. The van der Waals surface area contributed by atoms with E-state index in [9.17, 15) is 22.4 Å². The molecule has 0 aliphatic carbocycles. The molecule has 33 heavy (non-hydrogen) atoms. The smallest absolute Gasteiger partial charge is 0.379 e. The van der Waals surface area contributed by atoms with Crippen molar-refractivity contribution in [1.29, 1.82) is 0 Å². The zero-order valence-electron chi connectivity index (χ0n) is 17.1. The quantitative estimate of drug-likeness (QED) is 0.641. The molecule has 4 rings (SSSR count). The van der Waals surface area contributed by atoms with Gasteiger partial charge < -0.3 is 15.8 Å². The van der Waals surface area contributed by atoms with Crippen LogP contribution in [0, 0.1) is 5.82 Å². The van der Waals surface area contributed by atoms with Crippen LogP contribution in [0.3, 0.4) is 0 Å². The molecule has 13 heteroatoms. The molecule has 2 aliphatic rings. The van der Waals surface area contributed by atoms with Crippen LogP contribution < -0.4 is 11.1 Å². The van der Waals surface area contributed by atoms with Gasteiger partial charge in [0.1, 0.15) is 17.1 Å². The summed E-state index contributed by atoms with van der Waals surface area (Å²) in [6.07, 6.45) is -4.01. The molecule has 7 nitrogen and oxygen atoms in total. The van der Waals surface area contributed by atoms with Gasteiger partial charge in [0.2, 0.25) is 0 Å². The molecule has 3 atom stereocenters. The summed E-state index contributed by atoms with van der Waals surface area (Å²) in [5.41, 5.74) is 0.717. The Kier molecular flexibility index (Phi) is 5.81. The van der Waals surface area contributed by atoms with Gasteiger partial charge in [-0.2, -0.15) is 13.2 Å². The van der Waals surface area contributed by atoms with Gasteiger partial charge in [-0.1, -0.05) is 11.8 Å². The molecule has 176 valence electrons. The fourth-order valence-corrected chi connectivity index (χ4v) is 4.84. The highest BCUT2D eigenvalue weighted by molar-refractivity contribution is 8.13. The number of anilines is 1. The summed E-state index contributed by atoms with van der Waals surface area (Å²) in [7, 11) is 0. The summed E-state index contributed by atoms with van der Waals surface area (Å²) in [6, 6.07) is 3.40. The first-order chi connectivity index (χ1) is 15.4. The van der Waals surface area contributed by atoms with E-state index in [4.69, 9.17) is 10.5 Å². The van der Waals surface area contributed by atoms with E-state index in [1.165, 1.54) is 6.07 Å². The predicted molar refractivity (Wildman–Crippen MR) is 111 cm³/mol. The Morgan fingerprint density at radius 1 is 1.27 bits per heavy atom. The van der Waals surface area contributed by atoms with Crippen LogP contribution in [0.15, 0.2) is 35.6 Å². The highest BCUT2D eigenvalue weighted by atomic mass is 32.2. The zero-order valence-corrected chi connectivity index (χ0v) is 17.9. The minimum atomic E-state index is -4.71. The molecule has 2 aliphatic heterocycles. The van der Waals surface area contributed by atoms with Crippen molar-refractivity contribution < 1.29 is 31.5 Å². The van der Waals surface area contributed by atoms with Crippen molar-refractivity contribution in [3.05, 3.63) is 53.4 Å². The van der Waals surface area contributed by atoms with Crippen molar-refractivity contribution in [2.75, 3.05) is 17.7 Å². The molecule has 3 heterocycles. The number of nitrogens with two attached hydrogens (primary N) is 1. The summed E-state index contributed by atoms with van der Waals surface area (Å²) in [4.78, 5) is 23.4. The van der Waals surface area contributed by atoms with Crippen LogP contribution in [-0.2, 0) is 16.5 Å². The highest BCUT2D eigenvalue weighted by Crippen LogP contribution is 2.51. The maximum atomic E-state index is 16.1. The number of nitrogens with zero attached hydrogens (tertiary/aromatic N) is 3. The second kappa shape index (κ2) is 8.20. The van der Waals surface area contributed by atoms with E-state index in [0.29, 0.717) is 12.4 Å². The molecule has 2 aromatic rings.